The topological polar surface area (TPSA) is 121 Å². The van der Waals surface area contributed by atoms with E-state index in [1.54, 1.807) is 35.0 Å². The van der Waals surface area contributed by atoms with E-state index in [0.29, 0.717) is 48.9 Å². The number of nitrogens with zero attached hydrogens (tertiary/aromatic N) is 2. The van der Waals surface area contributed by atoms with Crippen molar-refractivity contribution in [2.24, 2.45) is 0 Å². The second-order valence-electron chi connectivity index (χ2n) is 8.31. The Hall–Kier alpha value is -4.41. The third-order valence-corrected chi connectivity index (χ3v) is 5.83. The van der Waals surface area contributed by atoms with Crippen molar-refractivity contribution < 1.29 is 33.0 Å². The molecule has 0 atom stereocenters. The molecule has 186 valence electrons. The van der Waals surface area contributed by atoms with Crippen LogP contribution in [0, 0.1) is 5.82 Å². The average molecular weight is 494 g/mol. The number of urea groups is 1. The van der Waals surface area contributed by atoms with Crippen LogP contribution in [-0.4, -0.2) is 47.5 Å². The van der Waals surface area contributed by atoms with Crippen molar-refractivity contribution in [3.63, 3.8) is 0 Å². The first-order valence-corrected chi connectivity index (χ1v) is 11.5. The molecule has 5 rings (SSSR count). The van der Waals surface area contributed by atoms with Gasteiger partial charge in [-0.15, -0.1) is 0 Å². The summed E-state index contributed by atoms with van der Waals surface area (Å²) in [6.45, 7) is 0.187. The molecule has 1 aliphatic carbocycles. The Morgan fingerprint density at radius 1 is 1.00 bits per heavy atom. The molecule has 10 nitrogen and oxygen atoms in total. The summed E-state index contributed by atoms with van der Waals surface area (Å²) in [5.74, 6) is -0.882. The summed E-state index contributed by atoms with van der Waals surface area (Å²) in [5, 5.41) is 9.04. The van der Waals surface area contributed by atoms with E-state index in [-0.39, 0.29) is 11.5 Å². The molecule has 36 heavy (non-hydrogen) atoms. The molecule has 3 aromatic rings. The van der Waals surface area contributed by atoms with E-state index >= 15 is 0 Å². The molecular formula is C25H23FN4O6. The van der Waals surface area contributed by atoms with Gasteiger partial charge in [0.25, 0.3) is 5.91 Å². The van der Waals surface area contributed by atoms with Crippen LogP contribution in [0.25, 0.3) is 5.69 Å². The van der Waals surface area contributed by atoms with Gasteiger partial charge < -0.3 is 19.5 Å². The maximum absolute atomic E-state index is 13.4. The molecule has 0 radical (unpaired) electrons. The summed E-state index contributed by atoms with van der Waals surface area (Å²) in [6.07, 6.45) is 3.19. The second kappa shape index (κ2) is 10.1. The summed E-state index contributed by atoms with van der Waals surface area (Å²) >= 11 is 0. The number of halogens is 1. The van der Waals surface area contributed by atoms with Gasteiger partial charge in [0.05, 0.1) is 5.69 Å². The van der Waals surface area contributed by atoms with Crippen LogP contribution in [0.5, 0.6) is 11.5 Å². The van der Waals surface area contributed by atoms with E-state index in [4.69, 9.17) is 14.2 Å². The number of ether oxygens (including phenoxy) is 3. The molecule has 0 unspecified atom stereocenters. The number of carbonyl (C=O) groups is 3. The van der Waals surface area contributed by atoms with E-state index < -0.39 is 24.5 Å². The molecule has 0 fully saturated rings. The van der Waals surface area contributed by atoms with E-state index in [1.807, 2.05) is 0 Å². The number of hydrogen-bond donors (Lipinski definition) is 2. The molecule has 3 amide bonds. The molecule has 0 saturated heterocycles. The van der Waals surface area contributed by atoms with Crippen LogP contribution in [0.3, 0.4) is 0 Å². The van der Waals surface area contributed by atoms with Gasteiger partial charge in [-0.05, 0) is 62.1 Å². The van der Waals surface area contributed by atoms with Gasteiger partial charge in [0.2, 0.25) is 0 Å². The number of esters is 1. The second-order valence-corrected chi connectivity index (χ2v) is 8.31. The normalized spacial score (nSPS) is 13.9. The summed E-state index contributed by atoms with van der Waals surface area (Å²) < 4.78 is 31.0. The van der Waals surface area contributed by atoms with Crippen LogP contribution < -0.4 is 20.1 Å². The zero-order chi connectivity index (χ0) is 25.1. The Kier molecular flexibility index (Phi) is 6.52. The number of anilines is 1. The van der Waals surface area contributed by atoms with Crippen molar-refractivity contribution >= 4 is 23.6 Å². The predicted molar refractivity (Wildman–Crippen MR) is 125 cm³/mol. The van der Waals surface area contributed by atoms with Crippen LogP contribution in [0.1, 0.15) is 34.6 Å². The first-order valence-electron chi connectivity index (χ1n) is 11.5. The fourth-order valence-electron chi connectivity index (χ4n) is 4.20. The summed E-state index contributed by atoms with van der Waals surface area (Å²) in [5.41, 5.74) is 2.76. The number of carbonyl (C=O) groups excluding carboxylic acids is 3. The van der Waals surface area contributed by atoms with Crippen molar-refractivity contribution in [3.05, 3.63) is 65.2 Å². The van der Waals surface area contributed by atoms with E-state index in [2.05, 4.69) is 15.7 Å². The lowest BCUT2D eigenvalue weighted by atomic mass is 9.95. The fraction of sp³-hybridized carbons (Fsp3) is 0.280. The number of fused-ring (bicyclic) bond motifs is 2. The molecule has 0 spiro atoms. The number of amides is 3. The predicted octanol–water partition coefficient (Wildman–Crippen LogP) is 3.17. The highest BCUT2D eigenvalue weighted by atomic mass is 19.1. The van der Waals surface area contributed by atoms with Gasteiger partial charge in [0, 0.05) is 23.0 Å². The fourth-order valence-corrected chi connectivity index (χ4v) is 4.20. The standard InChI is InChI=1S/C25H23FN4O6/c26-15-5-8-17(9-6-15)30-19-4-2-1-3-18(19)23(29-30)24(32)36-14-22(31)28-25(33)27-16-7-10-20-21(13-16)35-12-11-34-20/h5-10,13H,1-4,11-12,14H2,(H2,27,28,31,33). The molecule has 2 aromatic carbocycles. The van der Waals surface area contributed by atoms with Crippen LogP contribution in [0.2, 0.25) is 0 Å². The molecule has 2 aliphatic rings. The van der Waals surface area contributed by atoms with Gasteiger partial charge in [-0.1, -0.05) is 0 Å². The monoisotopic (exact) mass is 494 g/mol. The SMILES string of the molecule is O=C(COC(=O)c1nn(-c2ccc(F)cc2)c2c1CCCC2)NC(=O)Nc1ccc2c(c1)OCCO2. The van der Waals surface area contributed by atoms with Gasteiger partial charge in [0.15, 0.2) is 23.8 Å². The number of aromatic nitrogens is 2. The number of benzene rings is 2. The van der Waals surface area contributed by atoms with Crippen LogP contribution in [-0.2, 0) is 22.4 Å². The third kappa shape index (κ3) is 4.99. The summed E-state index contributed by atoms with van der Waals surface area (Å²) in [7, 11) is 0. The Morgan fingerprint density at radius 2 is 1.75 bits per heavy atom. The van der Waals surface area contributed by atoms with Crippen molar-refractivity contribution in [2.45, 2.75) is 25.7 Å². The van der Waals surface area contributed by atoms with Crippen molar-refractivity contribution in [1.29, 1.82) is 0 Å². The zero-order valence-corrected chi connectivity index (χ0v) is 19.2. The maximum atomic E-state index is 13.4. The summed E-state index contributed by atoms with van der Waals surface area (Å²) in [4.78, 5) is 37.2. The Bertz CT molecular complexity index is 1320. The Labute approximate surface area is 205 Å². The van der Waals surface area contributed by atoms with Crippen LogP contribution in [0.15, 0.2) is 42.5 Å². The number of imide groups is 1. The molecule has 0 bridgehead atoms. The quantitative estimate of drug-likeness (QED) is 0.523. The van der Waals surface area contributed by atoms with Gasteiger partial charge in [-0.3, -0.25) is 10.1 Å². The molecule has 11 heteroatoms. The number of rotatable bonds is 5. The minimum Gasteiger partial charge on any atom is -0.486 e. The highest BCUT2D eigenvalue weighted by Crippen LogP contribution is 2.32. The van der Waals surface area contributed by atoms with Crippen molar-refractivity contribution in [3.8, 4) is 17.2 Å². The van der Waals surface area contributed by atoms with E-state index in [0.717, 1.165) is 24.1 Å². The van der Waals surface area contributed by atoms with Gasteiger partial charge in [0.1, 0.15) is 19.0 Å². The van der Waals surface area contributed by atoms with Crippen LogP contribution in [0.4, 0.5) is 14.9 Å². The first-order chi connectivity index (χ1) is 17.5. The minimum absolute atomic E-state index is 0.113. The lowest BCUT2D eigenvalue weighted by Crippen LogP contribution is -2.37. The lowest BCUT2D eigenvalue weighted by Gasteiger charge is -2.19. The Morgan fingerprint density at radius 3 is 2.56 bits per heavy atom. The number of hydrogen-bond acceptors (Lipinski definition) is 7. The van der Waals surface area contributed by atoms with Crippen molar-refractivity contribution in [2.75, 3.05) is 25.1 Å². The molecule has 1 aromatic heterocycles. The lowest BCUT2D eigenvalue weighted by molar-refractivity contribution is -0.123. The minimum atomic E-state index is -0.801. The highest BCUT2D eigenvalue weighted by Gasteiger charge is 2.27. The summed E-state index contributed by atoms with van der Waals surface area (Å²) in [6, 6.07) is 9.87. The molecule has 0 saturated carbocycles. The molecular weight excluding hydrogens is 471 g/mol. The Balaban J connectivity index is 1.20. The van der Waals surface area contributed by atoms with Crippen LogP contribution >= 0.6 is 0 Å². The zero-order valence-electron chi connectivity index (χ0n) is 19.2. The molecule has 2 N–H and O–H groups in total. The largest absolute Gasteiger partial charge is 0.486 e. The number of nitrogens with one attached hydrogen (secondary N) is 2. The molecule has 1 aliphatic heterocycles. The van der Waals surface area contributed by atoms with E-state index in [9.17, 15) is 18.8 Å². The maximum Gasteiger partial charge on any atom is 0.359 e. The molecule has 2 heterocycles. The first kappa shape index (κ1) is 23.3. The van der Waals surface area contributed by atoms with Gasteiger partial charge >= 0.3 is 12.0 Å². The van der Waals surface area contributed by atoms with Crippen molar-refractivity contribution in [1.82, 2.24) is 15.1 Å². The third-order valence-electron chi connectivity index (χ3n) is 5.83. The van der Waals surface area contributed by atoms with E-state index in [1.165, 1.54) is 12.1 Å². The van der Waals surface area contributed by atoms with Gasteiger partial charge in [-0.2, -0.15) is 5.10 Å². The average Bonchev–Trinajstić information content (AvgIpc) is 3.27. The van der Waals surface area contributed by atoms with Gasteiger partial charge in [-0.25, -0.2) is 18.7 Å². The highest BCUT2D eigenvalue weighted by molar-refractivity contribution is 6.02. The smallest absolute Gasteiger partial charge is 0.359 e.